The molecular formula is C22H17ClF3NO2S. The van der Waals surface area contributed by atoms with E-state index >= 15 is 0 Å². The van der Waals surface area contributed by atoms with Gasteiger partial charge in [0.2, 0.25) is 0 Å². The fourth-order valence-electron chi connectivity index (χ4n) is 2.70. The van der Waals surface area contributed by atoms with E-state index in [1.165, 1.54) is 7.11 Å². The number of benzene rings is 3. The Bertz CT molecular complexity index is 1040. The van der Waals surface area contributed by atoms with Crippen molar-refractivity contribution >= 4 is 35.0 Å². The topological polar surface area (TPSA) is 38.3 Å². The highest BCUT2D eigenvalue weighted by Crippen LogP contribution is 2.34. The highest BCUT2D eigenvalue weighted by atomic mass is 35.5. The van der Waals surface area contributed by atoms with Gasteiger partial charge in [-0.15, -0.1) is 11.8 Å². The standard InChI is InChI=1S/C22H17ClF3NO2S/c1-29-20-10-7-14(11-15(20)13-30-17-5-3-2-4-6-17)21(28)27-19-12-16(22(24,25)26)8-9-18(19)23/h2-12H,13H2,1H3,(H,27,28). The molecule has 3 aromatic carbocycles. The lowest BCUT2D eigenvalue weighted by molar-refractivity contribution is -0.137. The second kappa shape index (κ2) is 9.45. The van der Waals surface area contributed by atoms with E-state index in [4.69, 9.17) is 16.3 Å². The number of halogens is 4. The zero-order valence-corrected chi connectivity index (χ0v) is 17.4. The van der Waals surface area contributed by atoms with Crippen molar-refractivity contribution < 1.29 is 22.7 Å². The number of methoxy groups -OCH3 is 1. The van der Waals surface area contributed by atoms with Crippen LogP contribution in [0.25, 0.3) is 0 Å². The number of nitrogens with one attached hydrogen (secondary N) is 1. The first-order valence-electron chi connectivity index (χ1n) is 8.81. The van der Waals surface area contributed by atoms with E-state index in [9.17, 15) is 18.0 Å². The van der Waals surface area contributed by atoms with Crippen LogP contribution in [0, 0.1) is 0 Å². The van der Waals surface area contributed by atoms with Crippen LogP contribution in [0.2, 0.25) is 5.02 Å². The lowest BCUT2D eigenvalue weighted by Gasteiger charge is -2.13. The number of hydrogen-bond acceptors (Lipinski definition) is 3. The van der Waals surface area contributed by atoms with Crippen molar-refractivity contribution in [1.82, 2.24) is 0 Å². The Hall–Kier alpha value is -2.64. The molecule has 8 heteroatoms. The first-order valence-corrected chi connectivity index (χ1v) is 10.2. The SMILES string of the molecule is COc1ccc(C(=O)Nc2cc(C(F)(F)F)ccc2Cl)cc1CSc1ccccc1. The first-order chi connectivity index (χ1) is 14.3. The van der Waals surface area contributed by atoms with E-state index < -0.39 is 17.6 Å². The average Bonchev–Trinajstić information content (AvgIpc) is 2.73. The van der Waals surface area contributed by atoms with Crippen molar-refractivity contribution in [2.45, 2.75) is 16.8 Å². The third kappa shape index (κ3) is 5.49. The maximum Gasteiger partial charge on any atom is 0.416 e. The fraction of sp³-hybridized carbons (Fsp3) is 0.136. The van der Waals surface area contributed by atoms with Crippen LogP contribution < -0.4 is 10.1 Å². The Labute approximate surface area is 181 Å². The van der Waals surface area contributed by atoms with Gasteiger partial charge >= 0.3 is 6.18 Å². The van der Waals surface area contributed by atoms with Gasteiger partial charge in [-0.3, -0.25) is 4.79 Å². The molecular weight excluding hydrogens is 435 g/mol. The number of alkyl halides is 3. The summed E-state index contributed by atoms with van der Waals surface area (Å²) >= 11 is 7.55. The normalized spacial score (nSPS) is 11.2. The van der Waals surface area contributed by atoms with Crippen molar-refractivity contribution in [1.29, 1.82) is 0 Å². The van der Waals surface area contributed by atoms with Crippen LogP contribution in [0.5, 0.6) is 5.75 Å². The molecule has 1 amide bonds. The van der Waals surface area contributed by atoms with E-state index in [-0.39, 0.29) is 16.3 Å². The molecule has 0 radical (unpaired) electrons. The minimum atomic E-state index is -4.54. The summed E-state index contributed by atoms with van der Waals surface area (Å²) in [7, 11) is 1.54. The fourth-order valence-corrected chi connectivity index (χ4v) is 3.76. The summed E-state index contributed by atoms with van der Waals surface area (Å²) in [5.41, 5.74) is 0.0754. The van der Waals surface area contributed by atoms with Gasteiger partial charge in [-0.1, -0.05) is 29.8 Å². The second-order valence-corrected chi connectivity index (χ2v) is 7.73. The number of rotatable bonds is 6. The number of hydrogen-bond donors (Lipinski definition) is 1. The quantitative estimate of drug-likeness (QED) is 0.414. The second-order valence-electron chi connectivity index (χ2n) is 6.27. The molecule has 0 aliphatic rings. The van der Waals surface area contributed by atoms with Crippen LogP contribution in [0.3, 0.4) is 0 Å². The van der Waals surface area contributed by atoms with Gasteiger partial charge in [0.05, 0.1) is 23.4 Å². The molecule has 156 valence electrons. The van der Waals surface area contributed by atoms with Crippen LogP contribution in [0.15, 0.2) is 71.6 Å². The van der Waals surface area contributed by atoms with Gasteiger partial charge in [0.25, 0.3) is 5.91 Å². The highest BCUT2D eigenvalue weighted by Gasteiger charge is 2.31. The van der Waals surface area contributed by atoms with Gasteiger partial charge in [-0.05, 0) is 48.5 Å². The summed E-state index contributed by atoms with van der Waals surface area (Å²) in [4.78, 5) is 13.7. The molecule has 0 aliphatic heterocycles. The molecule has 0 saturated heterocycles. The summed E-state index contributed by atoms with van der Waals surface area (Å²) in [6, 6.07) is 17.4. The monoisotopic (exact) mass is 451 g/mol. The minimum absolute atomic E-state index is 0.0183. The van der Waals surface area contributed by atoms with Crippen LogP contribution in [0.1, 0.15) is 21.5 Å². The summed E-state index contributed by atoms with van der Waals surface area (Å²) < 4.78 is 44.2. The van der Waals surface area contributed by atoms with E-state index in [0.29, 0.717) is 11.5 Å². The molecule has 3 nitrogen and oxygen atoms in total. The molecule has 0 spiro atoms. The molecule has 3 aromatic rings. The van der Waals surface area contributed by atoms with Gasteiger partial charge in [0.1, 0.15) is 5.75 Å². The van der Waals surface area contributed by atoms with Crippen LogP contribution in [0.4, 0.5) is 18.9 Å². The highest BCUT2D eigenvalue weighted by molar-refractivity contribution is 7.98. The van der Waals surface area contributed by atoms with E-state index in [0.717, 1.165) is 28.7 Å². The third-order valence-corrected chi connectivity index (χ3v) is 5.61. The number of anilines is 1. The van der Waals surface area contributed by atoms with Crippen LogP contribution >= 0.6 is 23.4 Å². The smallest absolute Gasteiger partial charge is 0.416 e. The lowest BCUT2D eigenvalue weighted by Crippen LogP contribution is -2.14. The predicted molar refractivity (Wildman–Crippen MR) is 113 cm³/mol. The van der Waals surface area contributed by atoms with E-state index in [1.54, 1.807) is 30.0 Å². The molecule has 0 fully saturated rings. The maximum atomic E-state index is 12.9. The summed E-state index contributed by atoms with van der Waals surface area (Å²) in [6.45, 7) is 0. The number of carbonyl (C=O) groups is 1. The number of ether oxygens (including phenoxy) is 1. The molecule has 0 heterocycles. The Morgan fingerprint density at radius 3 is 2.47 bits per heavy atom. The molecule has 1 N–H and O–H groups in total. The first kappa shape index (κ1) is 22.1. The van der Waals surface area contributed by atoms with Gasteiger partial charge in [-0.25, -0.2) is 0 Å². The molecule has 3 rings (SSSR count). The molecule has 30 heavy (non-hydrogen) atoms. The average molecular weight is 452 g/mol. The summed E-state index contributed by atoms with van der Waals surface area (Å²) in [5.74, 6) is 0.607. The van der Waals surface area contributed by atoms with E-state index in [1.807, 2.05) is 30.3 Å². The Morgan fingerprint density at radius 1 is 1.07 bits per heavy atom. The Morgan fingerprint density at radius 2 is 1.80 bits per heavy atom. The van der Waals surface area contributed by atoms with Crippen molar-refractivity contribution in [2.24, 2.45) is 0 Å². The zero-order chi connectivity index (χ0) is 21.7. The van der Waals surface area contributed by atoms with Crippen molar-refractivity contribution in [3.8, 4) is 5.75 Å². The maximum absolute atomic E-state index is 12.9. The molecule has 0 unspecified atom stereocenters. The molecule has 0 aromatic heterocycles. The van der Waals surface area contributed by atoms with E-state index in [2.05, 4.69) is 5.32 Å². The summed E-state index contributed by atoms with van der Waals surface area (Å²) in [5, 5.41) is 2.48. The number of amides is 1. The molecule has 0 saturated carbocycles. The molecule has 0 aliphatic carbocycles. The van der Waals surface area contributed by atoms with Gasteiger partial charge in [0, 0.05) is 21.8 Å². The van der Waals surface area contributed by atoms with Gasteiger partial charge in [-0.2, -0.15) is 13.2 Å². The molecule has 0 bridgehead atoms. The lowest BCUT2D eigenvalue weighted by atomic mass is 10.1. The van der Waals surface area contributed by atoms with Gasteiger partial charge < -0.3 is 10.1 Å². The predicted octanol–water partition coefficient (Wildman–Crippen LogP) is 6.91. The van der Waals surface area contributed by atoms with Crippen LogP contribution in [-0.4, -0.2) is 13.0 Å². The Kier molecular flexibility index (Phi) is 6.95. The number of carbonyl (C=O) groups excluding carboxylic acids is 1. The number of thioether (sulfide) groups is 1. The summed E-state index contributed by atoms with van der Waals surface area (Å²) in [6.07, 6.45) is -4.54. The minimum Gasteiger partial charge on any atom is -0.496 e. The van der Waals surface area contributed by atoms with Crippen LogP contribution in [-0.2, 0) is 11.9 Å². The molecule has 0 atom stereocenters. The van der Waals surface area contributed by atoms with Crippen molar-refractivity contribution in [3.63, 3.8) is 0 Å². The van der Waals surface area contributed by atoms with Crippen molar-refractivity contribution in [2.75, 3.05) is 12.4 Å². The zero-order valence-electron chi connectivity index (χ0n) is 15.8. The third-order valence-electron chi connectivity index (χ3n) is 4.22. The van der Waals surface area contributed by atoms with Crippen molar-refractivity contribution in [3.05, 3.63) is 88.4 Å². The Balaban J connectivity index is 1.81. The van der Waals surface area contributed by atoms with Gasteiger partial charge in [0.15, 0.2) is 0 Å². The largest absolute Gasteiger partial charge is 0.496 e.